The molecule has 1 aliphatic rings. The van der Waals surface area contributed by atoms with Crippen molar-refractivity contribution in [2.75, 3.05) is 26.4 Å². The van der Waals surface area contributed by atoms with Crippen LogP contribution in [0, 0.1) is 5.92 Å². The Morgan fingerprint density at radius 3 is 2.58 bits per heavy atom. The van der Waals surface area contributed by atoms with Crippen molar-refractivity contribution in [2.45, 2.75) is 64.6 Å². The molecule has 114 valence electrons. The second-order valence-corrected chi connectivity index (χ2v) is 6.44. The van der Waals surface area contributed by atoms with Crippen molar-refractivity contribution in [2.24, 2.45) is 5.92 Å². The van der Waals surface area contributed by atoms with Crippen LogP contribution in [0.5, 0.6) is 0 Å². The van der Waals surface area contributed by atoms with Gasteiger partial charge >= 0.3 is 0 Å². The zero-order valence-electron chi connectivity index (χ0n) is 12.9. The van der Waals surface area contributed by atoms with Crippen LogP contribution in [0.3, 0.4) is 0 Å². The number of aliphatic hydroxyl groups is 1. The first-order valence-corrected chi connectivity index (χ1v) is 7.55. The quantitative estimate of drug-likeness (QED) is 0.631. The molecule has 0 saturated heterocycles. The summed E-state index contributed by atoms with van der Waals surface area (Å²) >= 11 is 0. The van der Waals surface area contributed by atoms with Crippen LogP contribution in [0.2, 0.25) is 0 Å². The molecule has 4 nitrogen and oxygen atoms in total. The molecule has 0 radical (unpaired) electrons. The molecule has 0 aromatic heterocycles. The first kappa shape index (κ1) is 16.9. The third-order valence-electron chi connectivity index (χ3n) is 3.49. The smallest absolute Gasteiger partial charge is 0.0704 e. The van der Waals surface area contributed by atoms with Crippen LogP contribution in [0.4, 0.5) is 0 Å². The summed E-state index contributed by atoms with van der Waals surface area (Å²) in [5, 5.41) is 13.1. The summed E-state index contributed by atoms with van der Waals surface area (Å²) in [4.78, 5) is 0. The number of rotatable bonds is 9. The van der Waals surface area contributed by atoms with E-state index in [9.17, 15) is 5.11 Å². The number of ether oxygens (including phenoxy) is 2. The molecule has 2 N–H and O–H groups in total. The van der Waals surface area contributed by atoms with Gasteiger partial charge in [0.15, 0.2) is 0 Å². The largest absolute Gasteiger partial charge is 0.394 e. The van der Waals surface area contributed by atoms with Crippen molar-refractivity contribution >= 4 is 0 Å². The van der Waals surface area contributed by atoms with E-state index in [-0.39, 0.29) is 18.2 Å². The summed E-state index contributed by atoms with van der Waals surface area (Å²) in [5.41, 5.74) is -0.141. The maximum absolute atomic E-state index is 9.61. The lowest BCUT2D eigenvalue weighted by Crippen LogP contribution is -2.50. The van der Waals surface area contributed by atoms with Crippen molar-refractivity contribution in [3.8, 4) is 0 Å². The highest BCUT2D eigenvalue weighted by Crippen LogP contribution is 2.32. The number of nitrogens with one attached hydrogen (secondary N) is 1. The first-order chi connectivity index (χ1) is 8.97. The summed E-state index contributed by atoms with van der Waals surface area (Å²) < 4.78 is 11.4. The maximum Gasteiger partial charge on any atom is 0.0704 e. The second kappa shape index (κ2) is 8.20. The molecule has 1 aliphatic carbocycles. The highest BCUT2D eigenvalue weighted by atomic mass is 16.5. The van der Waals surface area contributed by atoms with Gasteiger partial charge in [-0.1, -0.05) is 27.7 Å². The van der Waals surface area contributed by atoms with Gasteiger partial charge in [-0.15, -0.1) is 0 Å². The fourth-order valence-electron chi connectivity index (χ4n) is 2.74. The number of hydrogen-bond donors (Lipinski definition) is 2. The van der Waals surface area contributed by atoms with Gasteiger partial charge in [-0.2, -0.15) is 0 Å². The molecule has 0 amide bonds. The summed E-state index contributed by atoms with van der Waals surface area (Å²) in [6, 6.07) is 0.389. The van der Waals surface area contributed by atoms with Crippen molar-refractivity contribution in [3.63, 3.8) is 0 Å². The SMILES string of the molecule is CC(C)COCCOC1CCC(CO)(NC(C)C)C1. The zero-order chi connectivity index (χ0) is 14.3. The van der Waals surface area contributed by atoms with Gasteiger partial charge in [-0.25, -0.2) is 0 Å². The molecule has 4 heteroatoms. The van der Waals surface area contributed by atoms with Crippen LogP contribution in [0.15, 0.2) is 0 Å². The Balaban J connectivity index is 2.20. The van der Waals surface area contributed by atoms with Gasteiger partial charge in [0.05, 0.1) is 25.9 Å². The fraction of sp³-hybridized carbons (Fsp3) is 1.00. The first-order valence-electron chi connectivity index (χ1n) is 7.55. The van der Waals surface area contributed by atoms with E-state index >= 15 is 0 Å². The predicted molar refractivity (Wildman–Crippen MR) is 77.3 cm³/mol. The molecule has 0 aliphatic heterocycles. The van der Waals surface area contributed by atoms with Gasteiger partial charge in [-0.3, -0.25) is 0 Å². The van der Waals surface area contributed by atoms with Gasteiger partial charge < -0.3 is 19.9 Å². The molecule has 0 aromatic rings. The minimum Gasteiger partial charge on any atom is -0.394 e. The van der Waals surface area contributed by atoms with Crippen molar-refractivity contribution in [1.82, 2.24) is 5.32 Å². The van der Waals surface area contributed by atoms with E-state index in [4.69, 9.17) is 9.47 Å². The highest BCUT2D eigenvalue weighted by Gasteiger charge is 2.39. The zero-order valence-corrected chi connectivity index (χ0v) is 12.9. The Morgan fingerprint density at radius 1 is 1.26 bits per heavy atom. The molecule has 0 heterocycles. The van der Waals surface area contributed by atoms with E-state index in [2.05, 4.69) is 33.0 Å². The molecule has 19 heavy (non-hydrogen) atoms. The lowest BCUT2D eigenvalue weighted by Gasteiger charge is -2.31. The summed E-state index contributed by atoms with van der Waals surface area (Å²) in [6.07, 6.45) is 3.15. The molecule has 1 rings (SSSR count). The Bertz CT molecular complexity index is 246. The molecule has 0 spiro atoms. The van der Waals surface area contributed by atoms with Crippen LogP contribution >= 0.6 is 0 Å². The predicted octanol–water partition coefficient (Wildman–Crippen LogP) is 1.96. The standard InChI is InChI=1S/C15H31NO3/c1-12(2)10-18-7-8-19-14-5-6-15(9-14,11-17)16-13(3)4/h12-14,16-17H,5-11H2,1-4H3. The van der Waals surface area contributed by atoms with Crippen LogP contribution in [-0.4, -0.2) is 49.2 Å². The van der Waals surface area contributed by atoms with Crippen LogP contribution in [0.25, 0.3) is 0 Å². The normalized spacial score (nSPS) is 27.6. The fourth-order valence-corrected chi connectivity index (χ4v) is 2.74. The van der Waals surface area contributed by atoms with Crippen molar-refractivity contribution in [1.29, 1.82) is 0 Å². The third-order valence-corrected chi connectivity index (χ3v) is 3.49. The molecule has 0 bridgehead atoms. The molecular formula is C15H31NO3. The van der Waals surface area contributed by atoms with E-state index in [1.165, 1.54) is 0 Å². The van der Waals surface area contributed by atoms with E-state index in [1.807, 2.05) is 0 Å². The van der Waals surface area contributed by atoms with Gasteiger partial charge in [0.2, 0.25) is 0 Å². The van der Waals surface area contributed by atoms with Gasteiger partial charge in [0, 0.05) is 18.2 Å². The van der Waals surface area contributed by atoms with Crippen LogP contribution < -0.4 is 5.32 Å². The topological polar surface area (TPSA) is 50.7 Å². The number of aliphatic hydroxyl groups excluding tert-OH is 1. The van der Waals surface area contributed by atoms with Gasteiger partial charge in [-0.05, 0) is 25.2 Å². The van der Waals surface area contributed by atoms with E-state index in [1.54, 1.807) is 0 Å². The molecule has 2 unspecified atom stereocenters. The summed E-state index contributed by atoms with van der Waals surface area (Å²) in [5.74, 6) is 0.573. The Labute approximate surface area is 117 Å². The monoisotopic (exact) mass is 273 g/mol. The van der Waals surface area contributed by atoms with Crippen molar-refractivity contribution < 1.29 is 14.6 Å². The Morgan fingerprint density at radius 2 is 2.00 bits per heavy atom. The Kier molecular flexibility index (Phi) is 7.29. The van der Waals surface area contributed by atoms with Crippen LogP contribution in [-0.2, 0) is 9.47 Å². The van der Waals surface area contributed by atoms with E-state index in [0.29, 0.717) is 25.2 Å². The van der Waals surface area contributed by atoms with E-state index in [0.717, 1.165) is 25.9 Å². The second-order valence-electron chi connectivity index (χ2n) is 6.44. The summed E-state index contributed by atoms with van der Waals surface area (Å²) in [6.45, 7) is 10.8. The number of hydrogen-bond acceptors (Lipinski definition) is 4. The minimum atomic E-state index is -0.141. The third kappa shape index (κ3) is 6.21. The minimum absolute atomic E-state index is 0.141. The average Bonchev–Trinajstić information content (AvgIpc) is 2.71. The molecule has 0 aromatic carbocycles. The molecule has 1 saturated carbocycles. The van der Waals surface area contributed by atoms with Gasteiger partial charge in [0.25, 0.3) is 0 Å². The van der Waals surface area contributed by atoms with Crippen LogP contribution in [0.1, 0.15) is 47.0 Å². The van der Waals surface area contributed by atoms with Crippen molar-refractivity contribution in [3.05, 3.63) is 0 Å². The Hall–Kier alpha value is -0.160. The lowest BCUT2D eigenvalue weighted by atomic mass is 9.97. The highest BCUT2D eigenvalue weighted by molar-refractivity contribution is 4.97. The molecular weight excluding hydrogens is 242 g/mol. The average molecular weight is 273 g/mol. The lowest BCUT2D eigenvalue weighted by molar-refractivity contribution is -0.00278. The van der Waals surface area contributed by atoms with Gasteiger partial charge in [0.1, 0.15) is 0 Å². The van der Waals surface area contributed by atoms with E-state index < -0.39 is 0 Å². The summed E-state index contributed by atoms with van der Waals surface area (Å²) in [7, 11) is 0. The molecule has 2 atom stereocenters. The molecule has 1 fully saturated rings. The maximum atomic E-state index is 9.61.